The molecule has 0 aromatic heterocycles. The van der Waals surface area contributed by atoms with E-state index in [4.69, 9.17) is 10.5 Å². The number of hydrogen-bond donors (Lipinski definition) is 1. The second-order valence-electron chi connectivity index (χ2n) is 7.20. The number of hydrogen-bond acceptors (Lipinski definition) is 2. The van der Waals surface area contributed by atoms with E-state index in [1.54, 1.807) is 0 Å². The fourth-order valence-corrected chi connectivity index (χ4v) is 2.78. The zero-order chi connectivity index (χ0) is 16.6. The van der Waals surface area contributed by atoms with Gasteiger partial charge in [-0.1, -0.05) is 49.7 Å². The standard InChI is InChI=1S/C13H25NO.C7H8/c1-10(2)8-13(3,4)15-12(9-14)11-6-5-7-11;1-7-5-3-2-4-6-7/h10H,5-9,14H2,1-4H3;2-6H,1H3. The summed E-state index contributed by atoms with van der Waals surface area (Å²) in [7, 11) is 0. The van der Waals surface area contributed by atoms with Crippen LogP contribution in [0.3, 0.4) is 0 Å². The molecule has 0 bridgehead atoms. The average Bonchev–Trinajstić information content (AvgIpc) is 2.35. The number of nitrogens with two attached hydrogens (primary N) is 1. The molecule has 0 spiro atoms. The van der Waals surface area contributed by atoms with Gasteiger partial charge in [-0.15, -0.1) is 0 Å². The Kier molecular flexibility index (Phi) is 7.67. The van der Waals surface area contributed by atoms with E-state index >= 15 is 0 Å². The van der Waals surface area contributed by atoms with E-state index in [1.165, 1.54) is 30.4 Å². The molecule has 0 atom stereocenters. The summed E-state index contributed by atoms with van der Waals surface area (Å²) in [6.07, 6.45) is 4.74. The smallest absolute Gasteiger partial charge is 0.110 e. The monoisotopic (exact) mass is 303 g/mol. The summed E-state index contributed by atoms with van der Waals surface area (Å²) < 4.78 is 6.06. The van der Waals surface area contributed by atoms with Gasteiger partial charge in [0.1, 0.15) is 11.4 Å². The summed E-state index contributed by atoms with van der Waals surface area (Å²) in [5.74, 6) is 1.71. The molecule has 0 amide bonds. The third-order valence-corrected chi connectivity index (χ3v) is 3.78. The van der Waals surface area contributed by atoms with Gasteiger partial charge in [-0.25, -0.2) is 0 Å². The molecule has 124 valence electrons. The largest absolute Gasteiger partial charge is 0.491 e. The van der Waals surface area contributed by atoms with Crippen LogP contribution in [0.4, 0.5) is 0 Å². The Labute approximate surface area is 136 Å². The van der Waals surface area contributed by atoms with Gasteiger partial charge in [0.05, 0.1) is 6.54 Å². The van der Waals surface area contributed by atoms with Crippen molar-refractivity contribution in [1.82, 2.24) is 0 Å². The fourth-order valence-electron chi connectivity index (χ4n) is 2.78. The van der Waals surface area contributed by atoms with Crippen molar-refractivity contribution in [1.29, 1.82) is 0 Å². The summed E-state index contributed by atoms with van der Waals surface area (Å²) in [6, 6.07) is 10.3. The zero-order valence-corrected chi connectivity index (χ0v) is 15.0. The van der Waals surface area contributed by atoms with Crippen molar-refractivity contribution >= 4 is 0 Å². The summed E-state index contributed by atoms with van der Waals surface area (Å²) in [4.78, 5) is 0. The Hall–Kier alpha value is -1.28. The molecule has 1 aromatic carbocycles. The van der Waals surface area contributed by atoms with Crippen molar-refractivity contribution in [2.45, 2.75) is 65.9 Å². The highest BCUT2D eigenvalue weighted by atomic mass is 16.5. The second-order valence-corrected chi connectivity index (χ2v) is 7.20. The van der Waals surface area contributed by atoms with Crippen LogP contribution in [-0.2, 0) is 4.74 Å². The van der Waals surface area contributed by atoms with Crippen LogP contribution >= 0.6 is 0 Å². The third-order valence-electron chi connectivity index (χ3n) is 3.78. The molecular weight excluding hydrogens is 270 g/mol. The molecule has 22 heavy (non-hydrogen) atoms. The first-order valence-corrected chi connectivity index (χ1v) is 8.45. The lowest BCUT2D eigenvalue weighted by Gasteiger charge is -2.32. The van der Waals surface area contributed by atoms with Gasteiger partial charge in [0.25, 0.3) is 0 Å². The third kappa shape index (κ3) is 7.13. The highest BCUT2D eigenvalue weighted by Crippen LogP contribution is 2.32. The molecule has 1 fully saturated rings. The first kappa shape index (κ1) is 18.8. The quantitative estimate of drug-likeness (QED) is 0.757. The maximum absolute atomic E-state index is 6.06. The van der Waals surface area contributed by atoms with Gasteiger partial charge in [-0.3, -0.25) is 0 Å². The van der Waals surface area contributed by atoms with E-state index in [0.717, 1.165) is 12.2 Å². The lowest BCUT2D eigenvalue weighted by Crippen LogP contribution is -2.29. The van der Waals surface area contributed by atoms with Crippen LogP contribution in [0, 0.1) is 12.8 Å². The normalized spacial score (nSPS) is 14.0. The molecule has 2 nitrogen and oxygen atoms in total. The lowest BCUT2D eigenvalue weighted by molar-refractivity contribution is 0.0127. The van der Waals surface area contributed by atoms with Gasteiger partial charge in [0.2, 0.25) is 0 Å². The van der Waals surface area contributed by atoms with Crippen molar-refractivity contribution < 1.29 is 4.74 Å². The number of benzene rings is 1. The van der Waals surface area contributed by atoms with Gasteiger partial charge >= 0.3 is 0 Å². The first-order chi connectivity index (χ1) is 10.3. The topological polar surface area (TPSA) is 35.2 Å². The molecule has 1 aromatic rings. The molecule has 0 heterocycles. The Morgan fingerprint density at radius 3 is 2.09 bits per heavy atom. The average molecular weight is 303 g/mol. The number of rotatable bonds is 5. The molecule has 2 N–H and O–H groups in total. The van der Waals surface area contributed by atoms with E-state index in [0.29, 0.717) is 12.5 Å². The molecular formula is C20H33NO. The highest BCUT2D eigenvalue weighted by Gasteiger charge is 2.24. The Morgan fingerprint density at radius 1 is 1.18 bits per heavy atom. The van der Waals surface area contributed by atoms with Gasteiger partial charge in [0, 0.05) is 0 Å². The maximum Gasteiger partial charge on any atom is 0.110 e. The summed E-state index contributed by atoms with van der Waals surface area (Å²) in [6.45, 7) is 11.4. The molecule has 0 unspecified atom stereocenters. The van der Waals surface area contributed by atoms with Crippen LogP contribution < -0.4 is 5.73 Å². The van der Waals surface area contributed by atoms with Gasteiger partial charge in [-0.05, 0) is 57.9 Å². The van der Waals surface area contributed by atoms with E-state index in [1.807, 2.05) is 18.2 Å². The minimum absolute atomic E-state index is 0.0779. The minimum atomic E-state index is -0.0779. The van der Waals surface area contributed by atoms with Crippen LogP contribution in [0.15, 0.2) is 41.7 Å². The maximum atomic E-state index is 6.06. The van der Waals surface area contributed by atoms with E-state index in [2.05, 4.69) is 46.8 Å². The van der Waals surface area contributed by atoms with Crippen molar-refractivity contribution in [3.63, 3.8) is 0 Å². The van der Waals surface area contributed by atoms with Gasteiger partial charge in [0.15, 0.2) is 0 Å². The van der Waals surface area contributed by atoms with Crippen LogP contribution in [0.5, 0.6) is 0 Å². The molecule has 0 saturated heterocycles. The van der Waals surface area contributed by atoms with Crippen molar-refractivity contribution in [2.24, 2.45) is 11.7 Å². The molecule has 1 aliphatic carbocycles. The molecule has 2 heteroatoms. The molecule has 0 radical (unpaired) electrons. The summed E-state index contributed by atoms with van der Waals surface area (Å²) in [5, 5.41) is 0. The summed E-state index contributed by atoms with van der Waals surface area (Å²) >= 11 is 0. The SMILES string of the molecule is CC(C)CC(C)(C)OC(CN)=C1CCC1.Cc1ccccc1. The number of aryl methyl sites for hydroxylation is 1. The van der Waals surface area contributed by atoms with E-state index < -0.39 is 0 Å². The van der Waals surface area contributed by atoms with Crippen LogP contribution in [0.1, 0.15) is 58.9 Å². The van der Waals surface area contributed by atoms with Crippen LogP contribution in [-0.4, -0.2) is 12.1 Å². The molecule has 2 rings (SSSR count). The second kappa shape index (κ2) is 8.99. The zero-order valence-electron chi connectivity index (χ0n) is 15.0. The fraction of sp³-hybridized carbons (Fsp3) is 0.600. The summed E-state index contributed by atoms with van der Waals surface area (Å²) in [5.41, 5.74) is 8.42. The van der Waals surface area contributed by atoms with Crippen LogP contribution in [0.2, 0.25) is 0 Å². The Bertz CT molecular complexity index is 454. The van der Waals surface area contributed by atoms with Gasteiger partial charge < -0.3 is 10.5 Å². The van der Waals surface area contributed by atoms with Crippen molar-refractivity contribution in [3.8, 4) is 0 Å². The van der Waals surface area contributed by atoms with Crippen molar-refractivity contribution in [3.05, 3.63) is 47.2 Å². The predicted octanol–water partition coefficient (Wildman–Crippen LogP) is 5.22. The Morgan fingerprint density at radius 2 is 1.77 bits per heavy atom. The van der Waals surface area contributed by atoms with Gasteiger partial charge in [-0.2, -0.15) is 0 Å². The predicted molar refractivity (Wildman–Crippen MR) is 95.7 cm³/mol. The number of allylic oxidation sites excluding steroid dienone is 1. The minimum Gasteiger partial charge on any atom is -0.491 e. The van der Waals surface area contributed by atoms with Crippen LogP contribution in [0.25, 0.3) is 0 Å². The first-order valence-electron chi connectivity index (χ1n) is 8.45. The number of ether oxygens (including phenoxy) is 1. The van der Waals surface area contributed by atoms with E-state index in [9.17, 15) is 0 Å². The van der Waals surface area contributed by atoms with Crippen molar-refractivity contribution in [2.75, 3.05) is 6.54 Å². The Balaban J connectivity index is 0.000000287. The molecule has 1 aliphatic rings. The molecule has 1 saturated carbocycles. The lowest BCUT2D eigenvalue weighted by atomic mass is 9.90. The molecule has 0 aliphatic heterocycles. The highest BCUT2D eigenvalue weighted by molar-refractivity contribution is 5.16. The van der Waals surface area contributed by atoms with E-state index in [-0.39, 0.29) is 5.60 Å².